The maximum atomic E-state index is 12.9. The smallest absolute Gasteiger partial charge is 0.314 e. The van der Waals surface area contributed by atoms with E-state index in [1.807, 2.05) is 42.5 Å². The summed E-state index contributed by atoms with van der Waals surface area (Å²) in [6, 6.07) is 20.8. The van der Waals surface area contributed by atoms with Gasteiger partial charge in [0.05, 0.1) is 11.6 Å². The van der Waals surface area contributed by atoms with Gasteiger partial charge in [-0.05, 0) is 30.3 Å². The van der Waals surface area contributed by atoms with E-state index in [1.165, 1.54) is 11.8 Å². The number of pyridine rings is 1. The lowest BCUT2D eigenvalue weighted by Crippen LogP contribution is -2.58. The van der Waals surface area contributed by atoms with E-state index in [0.717, 1.165) is 31.7 Å². The molecule has 3 aromatic rings. The molecule has 1 aliphatic carbocycles. The van der Waals surface area contributed by atoms with Crippen LogP contribution >= 0.6 is 11.6 Å². The van der Waals surface area contributed by atoms with Crippen molar-refractivity contribution in [1.82, 2.24) is 9.80 Å². The number of nitrogens with zero attached hydrogens (tertiary/aromatic N) is 4. The topological polar surface area (TPSA) is 93.1 Å². The van der Waals surface area contributed by atoms with E-state index in [2.05, 4.69) is 22.9 Å². The molecule has 2 aromatic carbocycles. The van der Waals surface area contributed by atoms with Crippen LogP contribution in [0.15, 0.2) is 66.9 Å². The molecular formula is C30H32ClN4O4+. The predicted molar refractivity (Wildman–Crippen MR) is 144 cm³/mol. The van der Waals surface area contributed by atoms with Gasteiger partial charge in [-0.2, -0.15) is 5.26 Å². The number of hydrogen-bond acceptors (Lipinski definition) is 7. The molecule has 3 aliphatic rings. The van der Waals surface area contributed by atoms with Crippen LogP contribution in [0.1, 0.15) is 28.3 Å². The van der Waals surface area contributed by atoms with Crippen molar-refractivity contribution >= 4 is 11.6 Å². The Morgan fingerprint density at radius 2 is 1.82 bits per heavy atom. The van der Waals surface area contributed by atoms with Crippen LogP contribution < -0.4 is 14.3 Å². The normalized spacial score (nSPS) is 30.3. The molecule has 0 unspecified atom stereocenters. The number of aliphatic hydroxyl groups excluding tert-OH is 1. The van der Waals surface area contributed by atoms with E-state index >= 15 is 0 Å². The van der Waals surface area contributed by atoms with Crippen molar-refractivity contribution < 1.29 is 24.5 Å². The van der Waals surface area contributed by atoms with Crippen LogP contribution in [0.2, 0.25) is 5.02 Å². The Hall–Kier alpha value is -3.19. The van der Waals surface area contributed by atoms with E-state index in [4.69, 9.17) is 21.2 Å². The third-order valence-electron chi connectivity index (χ3n) is 8.72. The zero-order valence-electron chi connectivity index (χ0n) is 22.0. The van der Waals surface area contributed by atoms with Crippen molar-refractivity contribution in [3.05, 3.63) is 94.3 Å². The molecular weight excluding hydrogens is 516 g/mol. The molecule has 0 spiro atoms. The van der Waals surface area contributed by atoms with Gasteiger partial charge in [-0.15, -0.1) is 0 Å². The fourth-order valence-corrected chi connectivity index (χ4v) is 7.09. The van der Waals surface area contributed by atoms with Crippen molar-refractivity contribution in [3.8, 4) is 11.8 Å². The highest BCUT2D eigenvalue weighted by atomic mass is 35.5. The monoisotopic (exact) mass is 547 g/mol. The molecule has 9 heteroatoms. The molecule has 1 saturated heterocycles. The minimum Gasteiger partial charge on any atom is -0.471 e. The van der Waals surface area contributed by atoms with E-state index < -0.39 is 23.2 Å². The first-order valence-corrected chi connectivity index (χ1v) is 13.6. The highest BCUT2D eigenvalue weighted by molar-refractivity contribution is 6.30. The SMILES string of the molecule is CO[n+]1cc(Cl)cc2c1[C@]1(O)[C@H](O)[C@H](CN3CCN(C)CC3)[C@@H](c3ccccc3)[C@]1(c1ccc(C#N)cc1)O2. The largest absolute Gasteiger partial charge is 0.471 e. The van der Waals surface area contributed by atoms with E-state index in [-0.39, 0.29) is 5.92 Å². The average molecular weight is 548 g/mol. The third-order valence-corrected chi connectivity index (χ3v) is 8.93. The summed E-state index contributed by atoms with van der Waals surface area (Å²) in [5.41, 5.74) is -0.908. The van der Waals surface area contributed by atoms with Gasteiger partial charge in [-0.25, -0.2) is 0 Å². The van der Waals surface area contributed by atoms with Crippen molar-refractivity contribution in [3.63, 3.8) is 0 Å². The van der Waals surface area contributed by atoms with E-state index in [1.54, 1.807) is 24.4 Å². The fourth-order valence-electron chi connectivity index (χ4n) is 6.90. The predicted octanol–water partition coefficient (Wildman–Crippen LogP) is 2.05. The Kier molecular flexibility index (Phi) is 6.53. The summed E-state index contributed by atoms with van der Waals surface area (Å²) in [5.74, 6) is -0.484. The molecule has 2 fully saturated rings. The Labute approximate surface area is 233 Å². The summed E-state index contributed by atoms with van der Waals surface area (Å²) in [4.78, 5) is 10.3. The summed E-state index contributed by atoms with van der Waals surface area (Å²) in [5, 5.41) is 35.1. The number of nitriles is 1. The summed E-state index contributed by atoms with van der Waals surface area (Å²) in [6.07, 6.45) is 0.357. The van der Waals surface area contributed by atoms with Crippen LogP contribution in [0.4, 0.5) is 0 Å². The number of aliphatic hydroxyl groups is 2. The lowest BCUT2D eigenvalue weighted by atomic mass is 9.71. The standard InChI is InChI=1S/C30H32ClN4O4/c1-33-12-14-34(15-13-33)19-24-26(21-6-4-3-5-7-21)30(22-10-8-20(17-32)9-11-22)29(37,28(24)36)27-25(39-30)16-23(31)18-35(27)38-2/h3-11,16,18,24,26,28,36-37H,12-15,19H2,1-2H3/q+1/t24-,26-,28-,29+,30+/m1/s1. The number of fused-ring (bicyclic) bond motifs is 3. The van der Waals surface area contributed by atoms with Crippen molar-refractivity contribution in [2.24, 2.45) is 5.92 Å². The number of hydrogen-bond donors (Lipinski definition) is 2. The first kappa shape index (κ1) is 26.1. The summed E-state index contributed by atoms with van der Waals surface area (Å²) >= 11 is 6.43. The van der Waals surface area contributed by atoms with Crippen LogP contribution in [0.5, 0.6) is 5.75 Å². The number of piperazine rings is 1. The molecule has 5 atom stereocenters. The van der Waals surface area contributed by atoms with Crippen LogP contribution in [0.3, 0.4) is 0 Å². The van der Waals surface area contributed by atoms with Crippen molar-refractivity contribution in [1.29, 1.82) is 5.26 Å². The minimum atomic E-state index is -1.89. The van der Waals surface area contributed by atoms with Crippen LogP contribution in [-0.2, 0) is 11.2 Å². The molecule has 202 valence electrons. The second-order valence-electron chi connectivity index (χ2n) is 10.8. The average Bonchev–Trinajstić information content (AvgIpc) is 3.32. The summed E-state index contributed by atoms with van der Waals surface area (Å²) in [7, 11) is 3.60. The van der Waals surface area contributed by atoms with Crippen LogP contribution in [0.25, 0.3) is 0 Å². The number of likely N-dealkylation sites (N-methyl/N-ethyl adjacent to an activating group) is 1. The summed E-state index contributed by atoms with van der Waals surface area (Å²) in [6.45, 7) is 4.19. The number of aromatic nitrogens is 1. The molecule has 6 rings (SSSR count). The van der Waals surface area contributed by atoms with Gasteiger partial charge in [0, 0.05) is 55.4 Å². The highest BCUT2D eigenvalue weighted by Crippen LogP contribution is 2.67. The molecule has 39 heavy (non-hydrogen) atoms. The molecule has 1 aromatic heterocycles. The third kappa shape index (κ3) is 3.84. The van der Waals surface area contributed by atoms with Gasteiger partial charge in [0.25, 0.3) is 0 Å². The first-order valence-electron chi connectivity index (χ1n) is 13.2. The number of rotatable bonds is 5. The van der Waals surface area contributed by atoms with Gasteiger partial charge in [0.1, 0.15) is 18.2 Å². The fraction of sp³-hybridized carbons (Fsp3) is 0.400. The molecule has 2 N–H and O–H groups in total. The highest BCUT2D eigenvalue weighted by Gasteiger charge is 2.80. The maximum absolute atomic E-state index is 12.9. The van der Waals surface area contributed by atoms with Gasteiger partial charge >= 0.3 is 5.69 Å². The lowest BCUT2D eigenvalue weighted by Gasteiger charge is -2.40. The molecule has 3 heterocycles. The van der Waals surface area contributed by atoms with Gasteiger partial charge in [0.2, 0.25) is 11.8 Å². The number of halogens is 1. The second-order valence-corrected chi connectivity index (χ2v) is 11.2. The zero-order chi connectivity index (χ0) is 27.4. The summed E-state index contributed by atoms with van der Waals surface area (Å²) < 4.78 is 8.27. The Balaban J connectivity index is 1.60. The minimum absolute atomic E-state index is 0.313. The van der Waals surface area contributed by atoms with Crippen LogP contribution in [-0.4, -0.2) is 73.0 Å². The molecule has 1 saturated carbocycles. The zero-order valence-corrected chi connectivity index (χ0v) is 22.8. The van der Waals surface area contributed by atoms with Gasteiger partial charge in [-0.3, -0.25) is 4.84 Å². The Bertz CT molecular complexity index is 1410. The lowest BCUT2D eigenvalue weighted by molar-refractivity contribution is -0.894. The maximum Gasteiger partial charge on any atom is 0.314 e. The van der Waals surface area contributed by atoms with Gasteiger partial charge in [-0.1, -0.05) is 54.1 Å². The van der Waals surface area contributed by atoms with Crippen molar-refractivity contribution in [2.45, 2.75) is 23.2 Å². The van der Waals surface area contributed by atoms with Gasteiger partial charge < -0.3 is 24.7 Å². The van der Waals surface area contributed by atoms with Crippen molar-refractivity contribution in [2.75, 3.05) is 46.9 Å². The first-order chi connectivity index (χ1) is 18.8. The molecule has 0 amide bonds. The molecule has 0 bridgehead atoms. The molecule has 8 nitrogen and oxygen atoms in total. The van der Waals surface area contributed by atoms with Gasteiger partial charge in [0.15, 0.2) is 11.4 Å². The van der Waals surface area contributed by atoms with Crippen LogP contribution in [0, 0.1) is 17.2 Å². The number of benzene rings is 2. The van der Waals surface area contributed by atoms with E-state index in [0.29, 0.717) is 34.1 Å². The Morgan fingerprint density at radius 1 is 1.13 bits per heavy atom. The molecule has 0 radical (unpaired) electrons. The Morgan fingerprint density at radius 3 is 2.46 bits per heavy atom. The quantitative estimate of drug-likeness (QED) is 0.472. The number of ether oxygens (including phenoxy) is 1. The second kappa shape index (κ2) is 9.77. The van der Waals surface area contributed by atoms with E-state index in [9.17, 15) is 15.5 Å². The molecule has 2 aliphatic heterocycles.